The molecular weight excluding hydrogens is 274 g/mol. The average Bonchev–Trinajstić information content (AvgIpc) is 2.87. The van der Waals surface area contributed by atoms with E-state index in [9.17, 15) is 4.79 Å². The van der Waals surface area contributed by atoms with Gasteiger partial charge in [0, 0.05) is 12.1 Å². The monoisotopic (exact) mass is 289 g/mol. The van der Waals surface area contributed by atoms with E-state index in [-0.39, 0.29) is 5.91 Å². The van der Waals surface area contributed by atoms with Gasteiger partial charge in [0.2, 0.25) is 5.13 Å². The van der Waals surface area contributed by atoms with Gasteiger partial charge in [0.05, 0.1) is 6.54 Å². The summed E-state index contributed by atoms with van der Waals surface area (Å²) in [4.78, 5) is 14.4. The number of fused-ring (bicyclic) bond motifs is 1. The summed E-state index contributed by atoms with van der Waals surface area (Å²) in [5.74, 6) is 5.35. The van der Waals surface area contributed by atoms with Crippen LogP contribution in [0, 0.1) is 0 Å². The number of nitrogens with one attached hydrogen (secondary N) is 1. The van der Waals surface area contributed by atoms with E-state index in [1.54, 1.807) is 0 Å². The SMILES string of the molecule is NNc1nnc(CN2CCCc3ccccc3C2=O)s1. The Morgan fingerprint density at radius 3 is 3.00 bits per heavy atom. The molecule has 3 N–H and O–H groups in total. The second-order valence-electron chi connectivity index (χ2n) is 4.63. The van der Waals surface area contributed by atoms with Crippen LogP contribution in [0.1, 0.15) is 27.3 Å². The summed E-state index contributed by atoms with van der Waals surface area (Å²) in [5, 5.41) is 9.26. The molecule has 20 heavy (non-hydrogen) atoms. The maximum Gasteiger partial charge on any atom is 0.254 e. The molecule has 104 valence electrons. The number of hydrazine groups is 1. The van der Waals surface area contributed by atoms with Crippen LogP contribution in [0.2, 0.25) is 0 Å². The molecular formula is C13H15N5OS. The molecule has 3 rings (SSSR count). The second kappa shape index (κ2) is 5.56. The number of amides is 1. The van der Waals surface area contributed by atoms with E-state index in [1.807, 2.05) is 29.2 Å². The Kier molecular flexibility index (Phi) is 3.62. The number of rotatable bonds is 3. The summed E-state index contributed by atoms with van der Waals surface area (Å²) in [7, 11) is 0. The largest absolute Gasteiger partial charge is 0.332 e. The van der Waals surface area contributed by atoms with Crippen molar-refractivity contribution in [3.8, 4) is 0 Å². The third kappa shape index (κ3) is 2.50. The molecule has 1 aliphatic rings. The fourth-order valence-electron chi connectivity index (χ4n) is 2.37. The summed E-state index contributed by atoms with van der Waals surface area (Å²) in [6.07, 6.45) is 1.90. The summed E-state index contributed by atoms with van der Waals surface area (Å²) >= 11 is 1.36. The van der Waals surface area contributed by atoms with E-state index >= 15 is 0 Å². The van der Waals surface area contributed by atoms with Crippen molar-refractivity contribution in [1.29, 1.82) is 0 Å². The first-order valence-electron chi connectivity index (χ1n) is 6.44. The van der Waals surface area contributed by atoms with Crippen LogP contribution in [-0.2, 0) is 13.0 Å². The van der Waals surface area contributed by atoms with E-state index in [4.69, 9.17) is 5.84 Å². The Morgan fingerprint density at radius 1 is 1.35 bits per heavy atom. The molecule has 0 unspecified atom stereocenters. The number of aromatic nitrogens is 2. The quantitative estimate of drug-likeness (QED) is 0.659. The molecule has 1 aromatic heterocycles. The zero-order valence-electron chi connectivity index (χ0n) is 10.9. The molecule has 2 heterocycles. The number of carbonyl (C=O) groups is 1. The van der Waals surface area contributed by atoms with Crippen LogP contribution in [-0.4, -0.2) is 27.5 Å². The molecule has 1 aliphatic heterocycles. The number of nitrogens with two attached hydrogens (primary N) is 1. The van der Waals surface area contributed by atoms with Crippen LogP contribution in [0.15, 0.2) is 24.3 Å². The molecule has 1 aromatic carbocycles. The highest BCUT2D eigenvalue weighted by atomic mass is 32.1. The van der Waals surface area contributed by atoms with Crippen molar-refractivity contribution in [2.24, 2.45) is 5.84 Å². The van der Waals surface area contributed by atoms with Crippen molar-refractivity contribution in [2.75, 3.05) is 12.0 Å². The predicted octanol–water partition coefficient (Wildman–Crippen LogP) is 1.41. The number of carbonyl (C=O) groups excluding carboxylic acids is 1. The van der Waals surface area contributed by atoms with Crippen LogP contribution in [0.5, 0.6) is 0 Å². The minimum Gasteiger partial charge on any atom is -0.332 e. The number of anilines is 1. The highest BCUT2D eigenvalue weighted by Gasteiger charge is 2.23. The lowest BCUT2D eigenvalue weighted by molar-refractivity contribution is 0.0748. The van der Waals surface area contributed by atoms with E-state index in [1.165, 1.54) is 11.3 Å². The average molecular weight is 289 g/mol. The molecule has 0 aliphatic carbocycles. The lowest BCUT2D eigenvalue weighted by Crippen LogP contribution is -2.30. The number of nitrogen functional groups attached to an aromatic ring is 1. The Bertz CT molecular complexity index is 627. The van der Waals surface area contributed by atoms with Gasteiger partial charge >= 0.3 is 0 Å². The molecule has 0 saturated carbocycles. The van der Waals surface area contributed by atoms with Gasteiger partial charge in [-0.2, -0.15) is 0 Å². The fraction of sp³-hybridized carbons (Fsp3) is 0.308. The summed E-state index contributed by atoms with van der Waals surface area (Å²) < 4.78 is 0. The van der Waals surface area contributed by atoms with Crippen LogP contribution in [0.4, 0.5) is 5.13 Å². The van der Waals surface area contributed by atoms with E-state index in [0.29, 0.717) is 11.7 Å². The Morgan fingerprint density at radius 2 is 2.20 bits per heavy atom. The molecule has 0 bridgehead atoms. The molecule has 0 radical (unpaired) electrons. The van der Waals surface area contributed by atoms with Crippen LogP contribution < -0.4 is 11.3 Å². The van der Waals surface area contributed by atoms with Gasteiger partial charge in [0.25, 0.3) is 5.91 Å². The molecule has 7 heteroatoms. The lowest BCUT2D eigenvalue weighted by Gasteiger charge is -2.19. The molecule has 1 amide bonds. The minimum absolute atomic E-state index is 0.0653. The smallest absolute Gasteiger partial charge is 0.254 e. The van der Waals surface area contributed by atoms with Gasteiger partial charge in [-0.3, -0.25) is 10.2 Å². The lowest BCUT2D eigenvalue weighted by atomic mass is 10.0. The summed E-state index contributed by atoms with van der Waals surface area (Å²) in [5.41, 5.74) is 4.39. The molecule has 6 nitrogen and oxygen atoms in total. The first kappa shape index (κ1) is 13.0. The van der Waals surface area contributed by atoms with Crippen LogP contribution in [0.25, 0.3) is 0 Å². The van der Waals surface area contributed by atoms with Crippen LogP contribution in [0.3, 0.4) is 0 Å². The minimum atomic E-state index is 0.0653. The van der Waals surface area contributed by atoms with E-state index < -0.39 is 0 Å². The fourth-order valence-corrected chi connectivity index (χ4v) is 3.03. The van der Waals surface area contributed by atoms with Crippen molar-refractivity contribution in [3.63, 3.8) is 0 Å². The Balaban J connectivity index is 1.82. The van der Waals surface area contributed by atoms with Gasteiger partial charge < -0.3 is 4.90 Å². The molecule has 0 fully saturated rings. The second-order valence-corrected chi connectivity index (χ2v) is 5.69. The zero-order chi connectivity index (χ0) is 13.9. The number of nitrogens with zero attached hydrogens (tertiary/aromatic N) is 3. The van der Waals surface area contributed by atoms with Gasteiger partial charge in [-0.05, 0) is 24.5 Å². The first-order valence-corrected chi connectivity index (χ1v) is 7.26. The summed E-state index contributed by atoms with van der Waals surface area (Å²) in [6, 6.07) is 7.80. The summed E-state index contributed by atoms with van der Waals surface area (Å²) in [6.45, 7) is 1.21. The van der Waals surface area contributed by atoms with Crippen molar-refractivity contribution < 1.29 is 4.79 Å². The maximum atomic E-state index is 12.6. The first-order chi connectivity index (χ1) is 9.78. The van der Waals surface area contributed by atoms with E-state index in [2.05, 4.69) is 15.6 Å². The molecule has 2 aromatic rings. The number of aryl methyl sites for hydroxylation is 1. The van der Waals surface area contributed by atoms with E-state index in [0.717, 1.165) is 35.5 Å². The standard InChI is InChI=1S/C13H15N5OS/c14-15-13-17-16-11(20-13)8-18-7-3-5-9-4-1-2-6-10(9)12(18)19/h1-2,4,6H,3,5,7-8,14H2,(H,15,17). The van der Waals surface area contributed by atoms with Gasteiger partial charge in [-0.1, -0.05) is 29.5 Å². The predicted molar refractivity (Wildman–Crippen MR) is 77.2 cm³/mol. The van der Waals surface area contributed by atoms with Gasteiger partial charge in [0.1, 0.15) is 5.01 Å². The van der Waals surface area contributed by atoms with Crippen molar-refractivity contribution >= 4 is 22.4 Å². The number of benzene rings is 1. The van der Waals surface area contributed by atoms with Crippen molar-refractivity contribution in [1.82, 2.24) is 15.1 Å². The topological polar surface area (TPSA) is 84.1 Å². The highest BCUT2D eigenvalue weighted by molar-refractivity contribution is 7.15. The molecule has 0 saturated heterocycles. The number of hydrogen-bond donors (Lipinski definition) is 2. The highest BCUT2D eigenvalue weighted by Crippen LogP contribution is 2.22. The van der Waals surface area contributed by atoms with Crippen molar-refractivity contribution in [2.45, 2.75) is 19.4 Å². The van der Waals surface area contributed by atoms with Crippen LogP contribution >= 0.6 is 11.3 Å². The van der Waals surface area contributed by atoms with Gasteiger partial charge in [0.15, 0.2) is 0 Å². The third-order valence-electron chi connectivity index (χ3n) is 3.33. The Hall–Kier alpha value is -1.99. The Labute approximate surface area is 120 Å². The zero-order valence-corrected chi connectivity index (χ0v) is 11.7. The third-order valence-corrected chi connectivity index (χ3v) is 4.16. The van der Waals surface area contributed by atoms with Crippen molar-refractivity contribution in [3.05, 3.63) is 40.4 Å². The molecule has 0 atom stereocenters. The molecule has 0 spiro atoms. The maximum absolute atomic E-state index is 12.6. The van der Waals surface area contributed by atoms with Gasteiger partial charge in [-0.15, -0.1) is 10.2 Å². The van der Waals surface area contributed by atoms with Gasteiger partial charge in [-0.25, -0.2) is 5.84 Å². The number of hydrogen-bond acceptors (Lipinski definition) is 6. The normalized spacial score (nSPS) is 14.8.